The second kappa shape index (κ2) is 2.92. The lowest BCUT2D eigenvalue weighted by molar-refractivity contribution is -0.137. The summed E-state index contributed by atoms with van der Waals surface area (Å²) in [6.07, 6.45) is 4.43. The molecule has 0 aromatic carbocycles. The van der Waals surface area contributed by atoms with Crippen LogP contribution in [0.4, 0.5) is 0 Å². The van der Waals surface area contributed by atoms with Gasteiger partial charge in [-0.1, -0.05) is 26.0 Å². The van der Waals surface area contributed by atoms with Crippen molar-refractivity contribution in [1.29, 1.82) is 0 Å². The zero-order valence-electron chi connectivity index (χ0n) is 7.87. The summed E-state index contributed by atoms with van der Waals surface area (Å²) in [4.78, 5) is 10.5. The van der Waals surface area contributed by atoms with Gasteiger partial charge in [0.1, 0.15) is 0 Å². The summed E-state index contributed by atoms with van der Waals surface area (Å²) in [5.41, 5.74) is 0.199. The minimum atomic E-state index is -0.680. The van der Waals surface area contributed by atoms with E-state index in [-0.39, 0.29) is 5.41 Å². The van der Waals surface area contributed by atoms with Crippen molar-refractivity contribution < 1.29 is 9.90 Å². The van der Waals surface area contributed by atoms with Gasteiger partial charge in [0.05, 0.1) is 0 Å². The van der Waals surface area contributed by atoms with Crippen LogP contribution in [0.2, 0.25) is 0 Å². The summed E-state index contributed by atoms with van der Waals surface area (Å²) in [6, 6.07) is 0. The highest BCUT2D eigenvalue weighted by Crippen LogP contribution is 2.60. The van der Waals surface area contributed by atoms with Crippen molar-refractivity contribution in [3.05, 3.63) is 12.2 Å². The number of carbonyl (C=O) groups is 1. The van der Waals surface area contributed by atoms with Crippen LogP contribution in [0, 0.1) is 17.3 Å². The number of carboxylic acid groups (broad SMARTS) is 1. The van der Waals surface area contributed by atoms with Crippen LogP contribution in [0.25, 0.3) is 0 Å². The highest BCUT2D eigenvalue weighted by molar-refractivity contribution is 5.68. The Morgan fingerprint density at radius 3 is 2.58 bits per heavy atom. The van der Waals surface area contributed by atoms with Crippen LogP contribution < -0.4 is 0 Å². The number of hydrogen-bond donors (Lipinski definition) is 1. The van der Waals surface area contributed by atoms with E-state index in [2.05, 4.69) is 19.9 Å². The normalized spacial score (nSPS) is 32.2. The third kappa shape index (κ3) is 1.52. The second-order valence-electron chi connectivity index (χ2n) is 4.08. The number of aliphatic carboxylic acids is 1. The Hall–Kier alpha value is -0.790. The SMILES string of the molecule is C/C=C\C1C(CC(=O)O)C1(C)C. The van der Waals surface area contributed by atoms with E-state index in [1.54, 1.807) is 0 Å². The van der Waals surface area contributed by atoms with Crippen molar-refractivity contribution in [1.82, 2.24) is 0 Å². The molecule has 1 aliphatic rings. The minimum Gasteiger partial charge on any atom is -0.481 e. The van der Waals surface area contributed by atoms with Crippen molar-refractivity contribution in [2.24, 2.45) is 17.3 Å². The molecular formula is C10H16O2. The molecule has 1 N–H and O–H groups in total. The molecule has 68 valence electrons. The molecule has 2 heteroatoms. The Kier molecular flexibility index (Phi) is 2.27. The van der Waals surface area contributed by atoms with Gasteiger partial charge in [-0.2, -0.15) is 0 Å². The molecule has 0 saturated heterocycles. The maximum atomic E-state index is 10.5. The first-order valence-corrected chi connectivity index (χ1v) is 4.34. The van der Waals surface area contributed by atoms with Crippen molar-refractivity contribution >= 4 is 5.97 Å². The molecule has 0 bridgehead atoms. The fourth-order valence-electron chi connectivity index (χ4n) is 1.95. The molecular weight excluding hydrogens is 152 g/mol. The van der Waals surface area contributed by atoms with Crippen LogP contribution in [-0.4, -0.2) is 11.1 Å². The van der Waals surface area contributed by atoms with Crippen LogP contribution in [0.5, 0.6) is 0 Å². The molecule has 0 heterocycles. The number of carboxylic acids is 1. The molecule has 1 fully saturated rings. The summed E-state index contributed by atoms with van der Waals surface area (Å²) < 4.78 is 0. The summed E-state index contributed by atoms with van der Waals surface area (Å²) in [5.74, 6) is 0.130. The predicted octanol–water partition coefficient (Wildman–Crippen LogP) is 2.31. The highest BCUT2D eigenvalue weighted by atomic mass is 16.4. The third-order valence-corrected chi connectivity index (χ3v) is 2.93. The fraction of sp³-hybridized carbons (Fsp3) is 0.700. The average molecular weight is 168 g/mol. The van der Waals surface area contributed by atoms with E-state index in [1.165, 1.54) is 0 Å². The zero-order valence-corrected chi connectivity index (χ0v) is 7.87. The lowest BCUT2D eigenvalue weighted by Gasteiger charge is -1.97. The van der Waals surface area contributed by atoms with Crippen molar-refractivity contribution in [3.8, 4) is 0 Å². The summed E-state index contributed by atoms with van der Waals surface area (Å²) in [7, 11) is 0. The Labute approximate surface area is 73.3 Å². The van der Waals surface area contributed by atoms with Gasteiger partial charge >= 0.3 is 5.97 Å². The van der Waals surface area contributed by atoms with Gasteiger partial charge in [0.2, 0.25) is 0 Å². The van der Waals surface area contributed by atoms with Crippen LogP contribution >= 0.6 is 0 Å². The van der Waals surface area contributed by atoms with Gasteiger partial charge in [-0.05, 0) is 24.2 Å². The smallest absolute Gasteiger partial charge is 0.303 e. The third-order valence-electron chi connectivity index (χ3n) is 2.93. The van der Waals surface area contributed by atoms with E-state index in [0.29, 0.717) is 18.3 Å². The zero-order chi connectivity index (χ0) is 9.35. The molecule has 0 spiro atoms. The lowest BCUT2D eigenvalue weighted by atomic mass is 10.1. The maximum Gasteiger partial charge on any atom is 0.303 e. The molecule has 12 heavy (non-hydrogen) atoms. The van der Waals surface area contributed by atoms with Crippen molar-refractivity contribution in [3.63, 3.8) is 0 Å². The second-order valence-corrected chi connectivity index (χ2v) is 4.08. The Bertz CT molecular complexity index is 216. The predicted molar refractivity (Wildman–Crippen MR) is 47.8 cm³/mol. The minimum absolute atomic E-state index is 0.199. The van der Waals surface area contributed by atoms with Gasteiger partial charge in [-0.15, -0.1) is 0 Å². The van der Waals surface area contributed by atoms with Crippen LogP contribution in [0.15, 0.2) is 12.2 Å². The first kappa shape index (κ1) is 9.30. The molecule has 1 saturated carbocycles. The molecule has 1 rings (SSSR count). The van der Waals surface area contributed by atoms with Gasteiger partial charge in [0.15, 0.2) is 0 Å². The summed E-state index contributed by atoms with van der Waals surface area (Å²) in [6.45, 7) is 6.24. The van der Waals surface area contributed by atoms with E-state index in [9.17, 15) is 4.79 Å². The number of allylic oxidation sites excluding steroid dienone is 2. The number of rotatable bonds is 3. The molecule has 0 amide bonds. The van der Waals surface area contributed by atoms with E-state index in [1.807, 2.05) is 13.0 Å². The Balaban J connectivity index is 2.54. The topological polar surface area (TPSA) is 37.3 Å². The van der Waals surface area contributed by atoms with Gasteiger partial charge in [-0.25, -0.2) is 0 Å². The van der Waals surface area contributed by atoms with E-state index in [4.69, 9.17) is 5.11 Å². The molecule has 2 atom stereocenters. The van der Waals surface area contributed by atoms with Gasteiger partial charge in [-0.3, -0.25) is 4.79 Å². The standard InChI is InChI=1S/C10H16O2/c1-4-5-7-8(6-9(11)12)10(7,2)3/h4-5,7-8H,6H2,1-3H3,(H,11,12)/b5-4-. The lowest BCUT2D eigenvalue weighted by Crippen LogP contribution is -1.99. The molecule has 0 radical (unpaired) electrons. The molecule has 1 aliphatic carbocycles. The van der Waals surface area contributed by atoms with Crippen LogP contribution in [-0.2, 0) is 4.79 Å². The average Bonchev–Trinajstić information content (AvgIpc) is 2.39. The monoisotopic (exact) mass is 168 g/mol. The quantitative estimate of drug-likeness (QED) is 0.656. The first-order chi connectivity index (χ1) is 5.50. The molecule has 0 aliphatic heterocycles. The van der Waals surface area contributed by atoms with Gasteiger partial charge in [0, 0.05) is 6.42 Å². The van der Waals surface area contributed by atoms with E-state index < -0.39 is 5.97 Å². The van der Waals surface area contributed by atoms with Gasteiger partial charge < -0.3 is 5.11 Å². The molecule has 2 unspecified atom stereocenters. The number of hydrogen-bond acceptors (Lipinski definition) is 1. The highest BCUT2D eigenvalue weighted by Gasteiger charge is 2.56. The van der Waals surface area contributed by atoms with Crippen LogP contribution in [0.1, 0.15) is 27.2 Å². The maximum absolute atomic E-state index is 10.5. The van der Waals surface area contributed by atoms with E-state index in [0.717, 1.165) is 0 Å². The Morgan fingerprint density at radius 1 is 1.58 bits per heavy atom. The molecule has 0 aromatic rings. The molecule has 2 nitrogen and oxygen atoms in total. The summed E-state index contributed by atoms with van der Waals surface area (Å²) in [5, 5.41) is 8.62. The van der Waals surface area contributed by atoms with Crippen molar-refractivity contribution in [2.75, 3.05) is 0 Å². The Morgan fingerprint density at radius 2 is 2.17 bits per heavy atom. The van der Waals surface area contributed by atoms with Gasteiger partial charge in [0.25, 0.3) is 0 Å². The van der Waals surface area contributed by atoms with Crippen LogP contribution in [0.3, 0.4) is 0 Å². The van der Waals surface area contributed by atoms with E-state index >= 15 is 0 Å². The largest absolute Gasteiger partial charge is 0.481 e. The van der Waals surface area contributed by atoms with Crippen molar-refractivity contribution in [2.45, 2.75) is 27.2 Å². The fourth-order valence-corrected chi connectivity index (χ4v) is 1.95. The first-order valence-electron chi connectivity index (χ1n) is 4.34. The molecule has 0 aromatic heterocycles. The summed E-state index contributed by atoms with van der Waals surface area (Å²) >= 11 is 0.